The van der Waals surface area contributed by atoms with Gasteiger partial charge in [-0.3, -0.25) is 14.9 Å². The lowest BCUT2D eigenvalue weighted by atomic mass is 10.0. The zero-order valence-corrected chi connectivity index (χ0v) is 9.71. The molecule has 2 aromatic rings. The summed E-state index contributed by atoms with van der Waals surface area (Å²) in [5, 5.41) is 20.3. The van der Waals surface area contributed by atoms with Gasteiger partial charge in [0.25, 0.3) is 5.69 Å². The van der Waals surface area contributed by atoms with E-state index in [2.05, 4.69) is 4.98 Å². The number of aromatic nitrogens is 1. The first-order valence-corrected chi connectivity index (χ1v) is 5.46. The summed E-state index contributed by atoms with van der Waals surface area (Å²) in [6, 6.07) is 4.52. The molecule has 6 heteroatoms. The molecule has 1 heterocycles. The van der Waals surface area contributed by atoms with Gasteiger partial charge in [0.05, 0.1) is 10.8 Å². The van der Waals surface area contributed by atoms with Gasteiger partial charge in [-0.25, -0.2) is 0 Å². The third-order valence-electron chi connectivity index (χ3n) is 2.91. The lowest BCUT2D eigenvalue weighted by Crippen LogP contribution is -2.11. The van der Waals surface area contributed by atoms with Gasteiger partial charge in [-0.15, -0.1) is 0 Å². The number of aliphatic carboxylic acids is 1. The first-order valence-electron chi connectivity index (χ1n) is 5.46. The lowest BCUT2D eigenvalue weighted by Gasteiger charge is -2.04. The molecule has 1 atom stereocenters. The molecule has 0 radical (unpaired) electrons. The number of carbonyl (C=O) groups is 1. The Morgan fingerprint density at radius 2 is 2.28 bits per heavy atom. The fraction of sp³-hybridized carbons (Fsp3) is 0.250. The van der Waals surface area contributed by atoms with E-state index in [0.717, 1.165) is 11.1 Å². The van der Waals surface area contributed by atoms with Crippen molar-refractivity contribution in [1.82, 2.24) is 4.98 Å². The van der Waals surface area contributed by atoms with Gasteiger partial charge < -0.3 is 10.1 Å². The predicted molar refractivity (Wildman–Crippen MR) is 65.5 cm³/mol. The lowest BCUT2D eigenvalue weighted by molar-refractivity contribution is -0.384. The van der Waals surface area contributed by atoms with Crippen molar-refractivity contribution in [3.63, 3.8) is 0 Å². The van der Waals surface area contributed by atoms with Crippen molar-refractivity contribution in [3.05, 3.63) is 40.1 Å². The molecule has 0 unspecified atom stereocenters. The Morgan fingerprint density at radius 3 is 2.89 bits per heavy atom. The molecule has 6 nitrogen and oxygen atoms in total. The van der Waals surface area contributed by atoms with Gasteiger partial charge in [0, 0.05) is 29.2 Å². The molecule has 0 spiro atoms. The quantitative estimate of drug-likeness (QED) is 0.641. The second-order valence-corrected chi connectivity index (χ2v) is 4.24. The van der Waals surface area contributed by atoms with E-state index < -0.39 is 16.8 Å². The first-order chi connectivity index (χ1) is 8.49. The molecular weight excluding hydrogens is 236 g/mol. The minimum atomic E-state index is -0.880. The number of nitrogens with one attached hydrogen (secondary N) is 1. The summed E-state index contributed by atoms with van der Waals surface area (Å²) in [7, 11) is 0. The Kier molecular flexibility index (Phi) is 3.01. The number of nitro groups is 1. The number of hydrogen-bond donors (Lipinski definition) is 2. The Hall–Kier alpha value is -2.37. The van der Waals surface area contributed by atoms with Gasteiger partial charge in [0.1, 0.15) is 0 Å². The summed E-state index contributed by atoms with van der Waals surface area (Å²) >= 11 is 0. The normalized spacial score (nSPS) is 12.5. The maximum absolute atomic E-state index is 10.8. The van der Waals surface area contributed by atoms with E-state index >= 15 is 0 Å². The Bertz CT molecular complexity index is 618. The third-order valence-corrected chi connectivity index (χ3v) is 2.91. The van der Waals surface area contributed by atoms with E-state index in [9.17, 15) is 14.9 Å². The van der Waals surface area contributed by atoms with E-state index in [1.807, 2.05) is 0 Å². The molecule has 0 amide bonds. The number of carboxylic acid groups (broad SMARTS) is 1. The van der Waals surface area contributed by atoms with Crippen LogP contribution >= 0.6 is 0 Å². The number of nitrogens with zero attached hydrogens (tertiary/aromatic N) is 1. The number of nitro benzene ring substituents is 1. The van der Waals surface area contributed by atoms with Crippen LogP contribution < -0.4 is 0 Å². The maximum atomic E-state index is 10.8. The fourth-order valence-corrected chi connectivity index (χ4v) is 1.87. The van der Waals surface area contributed by atoms with Crippen LogP contribution in [0.2, 0.25) is 0 Å². The topological polar surface area (TPSA) is 96.2 Å². The van der Waals surface area contributed by atoms with Crippen molar-refractivity contribution >= 4 is 22.6 Å². The van der Waals surface area contributed by atoms with Crippen LogP contribution in [-0.4, -0.2) is 21.0 Å². The Morgan fingerprint density at radius 1 is 1.56 bits per heavy atom. The van der Waals surface area contributed by atoms with E-state index in [1.54, 1.807) is 19.2 Å². The van der Waals surface area contributed by atoms with Crippen LogP contribution in [0.25, 0.3) is 10.9 Å². The average molecular weight is 248 g/mol. The second kappa shape index (κ2) is 4.48. The predicted octanol–water partition coefficient (Wildman–Crippen LogP) is 2.34. The molecule has 94 valence electrons. The molecule has 0 aliphatic rings. The Labute approximate surface area is 102 Å². The van der Waals surface area contributed by atoms with E-state index in [4.69, 9.17) is 5.11 Å². The van der Waals surface area contributed by atoms with Gasteiger partial charge in [0.2, 0.25) is 0 Å². The summed E-state index contributed by atoms with van der Waals surface area (Å²) in [6.07, 6.45) is 2.05. The second-order valence-electron chi connectivity index (χ2n) is 4.24. The SMILES string of the molecule is C[C@@H](Cc1c[nH]c2ccc([N+](=O)[O-])cc12)C(=O)O. The number of benzene rings is 1. The summed E-state index contributed by atoms with van der Waals surface area (Å²) < 4.78 is 0. The highest BCUT2D eigenvalue weighted by atomic mass is 16.6. The summed E-state index contributed by atoms with van der Waals surface area (Å²) in [4.78, 5) is 24.0. The van der Waals surface area contributed by atoms with Crippen LogP contribution in [0.3, 0.4) is 0 Å². The van der Waals surface area contributed by atoms with Crippen molar-refractivity contribution in [1.29, 1.82) is 0 Å². The van der Waals surface area contributed by atoms with Crippen molar-refractivity contribution < 1.29 is 14.8 Å². The van der Waals surface area contributed by atoms with Crippen LogP contribution in [0.1, 0.15) is 12.5 Å². The molecule has 2 rings (SSSR count). The monoisotopic (exact) mass is 248 g/mol. The first kappa shape index (κ1) is 12.1. The average Bonchev–Trinajstić information content (AvgIpc) is 2.71. The smallest absolute Gasteiger partial charge is 0.306 e. The standard InChI is InChI=1S/C12H12N2O4/c1-7(12(15)16)4-8-6-13-11-3-2-9(14(17)18)5-10(8)11/h2-3,5-7,13H,4H2,1H3,(H,15,16)/t7-/m0/s1. The van der Waals surface area contributed by atoms with Crippen LogP contribution in [0.5, 0.6) is 0 Å². The molecule has 2 N–H and O–H groups in total. The number of non-ortho nitro benzene ring substituents is 1. The highest BCUT2D eigenvalue weighted by molar-refractivity contribution is 5.86. The highest BCUT2D eigenvalue weighted by Crippen LogP contribution is 2.25. The molecule has 0 saturated carbocycles. The minimum absolute atomic E-state index is 0.00586. The number of hydrogen-bond acceptors (Lipinski definition) is 3. The van der Waals surface area contributed by atoms with Crippen LogP contribution in [0.4, 0.5) is 5.69 Å². The van der Waals surface area contributed by atoms with Crippen LogP contribution in [-0.2, 0) is 11.2 Å². The van der Waals surface area contributed by atoms with Crippen LogP contribution in [0.15, 0.2) is 24.4 Å². The summed E-state index contributed by atoms with van der Waals surface area (Å²) in [5.74, 6) is -1.40. The maximum Gasteiger partial charge on any atom is 0.306 e. The van der Waals surface area contributed by atoms with Gasteiger partial charge >= 0.3 is 5.97 Å². The highest BCUT2D eigenvalue weighted by Gasteiger charge is 2.16. The molecule has 0 aliphatic carbocycles. The molecule has 0 bridgehead atoms. The van der Waals surface area contributed by atoms with Crippen molar-refractivity contribution in [3.8, 4) is 0 Å². The summed E-state index contributed by atoms with van der Waals surface area (Å²) in [6.45, 7) is 1.61. The molecule has 0 fully saturated rings. The largest absolute Gasteiger partial charge is 0.481 e. The molecule has 18 heavy (non-hydrogen) atoms. The number of fused-ring (bicyclic) bond motifs is 1. The van der Waals surface area contributed by atoms with E-state index in [1.165, 1.54) is 12.1 Å². The fourth-order valence-electron chi connectivity index (χ4n) is 1.87. The number of carboxylic acids is 1. The van der Waals surface area contributed by atoms with Gasteiger partial charge in [-0.1, -0.05) is 6.92 Å². The molecule has 1 aromatic carbocycles. The summed E-state index contributed by atoms with van der Waals surface area (Å²) in [5.41, 5.74) is 1.56. The Balaban J connectivity index is 2.42. The number of H-pyrrole nitrogens is 1. The number of rotatable bonds is 4. The number of aromatic amines is 1. The molecule has 0 saturated heterocycles. The zero-order chi connectivity index (χ0) is 13.3. The minimum Gasteiger partial charge on any atom is -0.481 e. The van der Waals surface area contributed by atoms with Gasteiger partial charge in [-0.2, -0.15) is 0 Å². The van der Waals surface area contributed by atoms with Crippen molar-refractivity contribution in [2.45, 2.75) is 13.3 Å². The van der Waals surface area contributed by atoms with Gasteiger partial charge in [-0.05, 0) is 18.1 Å². The molecule has 1 aromatic heterocycles. The van der Waals surface area contributed by atoms with E-state index in [0.29, 0.717) is 11.8 Å². The molecule has 0 aliphatic heterocycles. The zero-order valence-electron chi connectivity index (χ0n) is 9.71. The van der Waals surface area contributed by atoms with Crippen molar-refractivity contribution in [2.75, 3.05) is 0 Å². The third kappa shape index (κ3) is 2.17. The van der Waals surface area contributed by atoms with E-state index in [-0.39, 0.29) is 5.69 Å². The van der Waals surface area contributed by atoms with Gasteiger partial charge in [0.15, 0.2) is 0 Å². The van der Waals surface area contributed by atoms with Crippen molar-refractivity contribution in [2.24, 2.45) is 5.92 Å². The van der Waals surface area contributed by atoms with Crippen LogP contribution in [0, 0.1) is 16.0 Å². The molecular formula is C12H12N2O4.